The van der Waals surface area contributed by atoms with Crippen LogP contribution in [0.4, 0.5) is 0 Å². The Morgan fingerprint density at radius 1 is 1.16 bits per heavy atom. The zero-order valence-corrected chi connectivity index (χ0v) is 15.1. The second-order valence-corrected chi connectivity index (χ2v) is 6.68. The Morgan fingerprint density at radius 3 is 2.64 bits per heavy atom. The zero-order chi connectivity index (χ0) is 17.6. The van der Waals surface area contributed by atoms with Crippen LogP contribution >= 0.6 is 15.9 Å². The number of nitrogens with zero attached hydrogens (tertiary/aromatic N) is 1. The summed E-state index contributed by atoms with van der Waals surface area (Å²) in [6, 6.07) is 16.0. The largest absolute Gasteiger partial charge is 0.508 e. The highest BCUT2D eigenvalue weighted by atomic mass is 79.9. The summed E-state index contributed by atoms with van der Waals surface area (Å²) >= 11 is 3.40. The second kappa shape index (κ2) is 8.34. The number of rotatable bonds is 2. The van der Waals surface area contributed by atoms with Gasteiger partial charge in [0.2, 0.25) is 0 Å². The minimum atomic E-state index is 0.0358. The van der Waals surface area contributed by atoms with E-state index in [0.717, 1.165) is 23.2 Å². The van der Waals surface area contributed by atoms with Crippen LogP contribution in [-0.2, 0) is 9.47 Å². The van der Waals surface area contributed by atoms with Crippen LogP contribution in [0.5, 0.6) is 11.5 Å². The molecule has 1 N–H and O–H groups in total. The second-order valence-electron chi connectivity index (χ2n) is 5.77. The van der Waals surface area contributed by atoms with Gasteiger partial charge in [0, 0.05) is 11.1 Å². The zero-order valence-electron chi connectivity index (χ0n) is 13.5. The molecule has 4 rings (SSSR count). The van der Waals surface area contributed by atoms with E-state index in [1.807, 2.05) is 30.3 Å². The van der Waals surface area contributed by atoms with Crippen molar-refractivity contribution in [3.63, 3.8) is 0 Å². The first-order valence-electron chi connectivity index (χ1n) is 8.00. The number of ether oxygens (including phenoxy) is 3. The maximum absolute atomic E-state index is 8.79. The molecule has 25 heavy (non-hydrogen) atoms. The van der Waals surface area contributed by atoms with Crippen molar-refractivity contribution in [3.8, 4) is 17.6 Å². The van der Waals surface area contributed by atoms with Gasteiger partial charge in [0.25, 0.3) is 0 Å². The van der Waals surface area contributed by atoms with Crippen LogP contribution in [0.15, 0.2) is 53.0 Å². The van der Waals surface area contributed by atoms with Gasteiger partial charge >= 0.3 is 0 Å². The van der Waals surface area contributed by atoms with Gasteiger partial charge < -0.3 is 19.3 Å². The Balaban J connectivity index is 0.000000173. The first-order valence-corrected chi connectivity index (χ1v) is 8.79. The molecule has 2 aliphatic rings. The number of halogens is 1. The molecule has 0 bridgehead atoms. The van der Waals surface area contributed by atoms with E-state index >= 15 is 0 Å². The van der Waals surface area contributed by atoms with E-state index in [0.29, 0.717) is 12.2 Å². The summed E-state index contributed by atoms with van der Waals surface area (Å²) in [7, 11) is 0. The number of phenols is 1. The molecule has 2 aromatic rings. The number of benzene rings is 2. The first-order chi connectivity index (χ1) is 12.2. The smallest absolute Gasteiger partial charge is 0.150 e. The molecule has 0 amide bonds. The fourth-order valence-corrected chi connectivity index (χ4v) is 3.06. The Labute approximate surface area is 154 Å². The van der Waals surface area contributed by atoms with Crippen molar-refractivity contribution < 1.29 is 19.3 Å². The average Bonchev–Trinajstić information content (AvgIpc) is 3.22. The summed E-state index contributed by atoms with van der Waals surface area (Å²) in [5.41, 5.74) is 0.481. The molecule has 0 aromatic heterocycles. The van der Waals surface area contributed by atoms with Gasteiger partial charge in [-0.3, -0.25) is 0 Å². The monoisotopic (exact) mass is 403 g/mol. The number of hydrogen-bond acceptors (Lipinski definition) is 5. The summed E-state index contributed by atoms with van der Waals surface area (Å²) in [5, 5.41) is 17.1. The Hall–Kier alpha value is -2.07. The van der Waals surface area contributed by atoms with E-state index in [-0.39, 0.29) is 24.1 Å². The van der Waals surface area contributed by atoms with E-state index in [2.05, 4.69) is 15.9 Å². The van der Waals surface area contributed by atoms with Crippen molar-refractivity contribution in [2.45, 2.75) is 24.7 Å². The Kier molecular flexibility index (Phi) is 5.92. The minimum Gasteiger partial charge on any atom is -0.508 e. The standard InChI is InChI=1S/C12H13BrO3.C7H5NO/c13-8-1-3-9(4-2-8)16-11-7-15-10-5-6-14-12(10)11;8-5-6-2-1-3-7(9)4-6/h1-4,10-12H,5-7H2;1-4,9H. The van der Waals surface area contributed by atoms with Gasteiger partial charge in [-0.15, -0.1) is 0 Å². The van der Waals surface area contributed by atoms with Crippen molar-refractivity contribution >= 4 is 15.9 Å². The lowest BCUT2D eigenvalue weighted by Crippen LogP contribution is -2.32. The molecule has 2 aliphatic heterocycles. The van der Waals surface area contributed by atoms with Gasteiger partial charge in [0.1, 0.15) is 17.6 Å². The molecule has 0 saturated carbocycles. The highest BCUT2D eigenvalue weighted by Gasteiger charge is 2.43. The molecule has 5 nitrogen and oxygen atoms in total. The third kappa shape index (κ3) is 4.73. The van der Waals surface area contributed by atoms with E-state index in [1.165, 1.54) is 12.1 Å². The van der Waals surface area contributed by atoms with Crippen LogP contribution < -0.4 is 4.74 Å². The summed E-state index contributed by atoms with van der Waals surface area (Å²) in [5.74, 6) is 1.00. The lowest BCUT2D eigenvalue weighted by Gasteiger charge is -2.17. The molecule has 2 fully saturated rings. The van der Waals surface area contributed by atoms with Crippen molar-refractivity contribution in [2.75, 3.05) is 13.2 Å². The van der Waals surface area contributed by atoms with Crippen LogP contribution in [0.25, 0.3) is 0 Å². The van der Waals surface area contributed by atoms with Crippen LogP contribution in [0, 0.1) is 11.3 Å². The highest BCUT2D eigenvalue weighted by Crippen LogP contribution is 2.29. The molecule has 2 saturated heterocycles. The van der Waals surface area contributed by atoms with Gasteiger partial charge in [0.05, 0.1) is 24.3 Å². The number of fused-ring (bicyclic) bond motifs is 1. The van der Waals surface area contributed by atoms with Crippen molar-refractivity contribution in [1.82, 2.24) is 0 Å². The third-order valence-electron chi connectivity index (χ3n) is 4.00. The van der Waals surface area contributed by atoms with E-state index < -0.39 is 0 Å². The predicted molar refractivity (Wildman–Crippen MR) is 95.5 cm³/mol. The van der Waals surface area contributed by atoms with Gasteiger partial charge in [-0.05, 0) is 48.9 Å². The molecular weight excluding hydrogens is 386 g/mol. The van der Waals surface area contributed by atoms with Crippen LogP contribution in [0.3, 0.4) is 0 Å². The van der Waals surface area contributed by atoms with Gasteiger partial charge in [-0.2, -0.15) is 5.26 Å². The molecule has 0 radical (unpaired) electrons. The van der Waals surface area contributed by atoms with Crippen LogP contribution in [-0.4, -0.2) is 36.6 Å². The average molecular weight is 404 g/mol. The van der Waals surface area contributed by atoms with E-state index in [9.17, 15) is 0 Å². The quantitative estimate of drug-likeness (QED) is 0.828. The number of nitriles is 1. The molecule has 2 aromatic carbocycles. The summed E-state index contributed by atoms with van der Waals surface area (Å²) in [6.45, 7) is 1.42. The minimum absolute atomic E-state index is 0.0358. The molecule has 130 valence electrons. The Morgan fingerprint density at radius 2 is 1.96 bits per heavy atom. The molecule has 0 spiro atoms. The third-order valence-corrected chi connectivity index (χ3v) is 4.53. The van der Waals surface area contributed by atoms with Crippen LogP contribution in [0.1, 0.15) is 12.0 Å². The van der Waals surface area contributed by atoms with Crippen molar-refractivity contribution in [3.05, 3.63) is 58.6 Å². The lowest BCUT2D eigenvalue weighted by molar-refractivity contribution is 0.0308. The molecular formula is C19H18BrNO4. The highest BCUT2D eigenvalue weighted by molar-refractivity contribution is 9.10. The number of aromatic hydroxyl groups is 1. The summed E-state index contributed by atoms with van der Waals surface area (Å²) < 4.78 is 18.2. The van der Waals surface area contributed by atoms with Gasteiger partial charge in [-0.1, -0.05) is 22.0 Å². The maximum atomic E-state index is 8.79. The van der Waals surface area contributed by atoms with Gasteiger partial charge in [-0.25, -0.2) is 0 Å². The molecule has 6 heteroatoms. The fourth-order valence-electron chi connectivity index (χ4n) is 2.79. The fraction of sp³-hybridized carbons (Fsp3) is 0.316. The molecule has 3 atom stereocenters. The topological polar surface area (TPSA) is 71.7 Å². The van der Waals surface area contributed by atoms with E-state index in [4.69, 9.17) is 24.6 Å². The predicted octanol–water partition coefficient (Wildman–Crippen LogP) is 3.65. The molecule has 3 unspecified atom stereocenters. The molecule has 0 aliphatic carbocycles. The molecule has 2 heterocycles. The van der Waals surface area contributed by atoms with Crippen molar-refractivity contribution in [1.29, 1.82) is 5.26 Å². The normalized spacial score (nSPS) is 23.9. The number of hydrogen-bond donors (Lipinski definition) is 1. The lowest BCUT2D eigenvalue weighted by atomic mass is 10.1. The van der Waals surface area contributed by atoms with Crippen LogP contribution in [0.2, 0.25) is 0 Å². The first kappa shape index (κ1) is 17.7. The maximum Gasteiger partial charge on any atom is 0.150 e. The van der Waals surface area contributed by atoms with E-state index in [1.54, 1.807) is 12.1 Å². The van der Waals surface area contributed by atoms with Crippen molar-refractivity contribution in [2.24, 2.45) is 0 Å². The summed E-state index contributed by atoms with van der Waals surface area (Å²) in [6.07, 6.45) is 1.38. The number of phenolic OH excluding ortho intramolecular Hbond substituents is 1. The SMILES string of the molecule is Brc1ccc(OC2COC3CCOC32)cc1.N#Cc1cccc(O)c1. The summed E-state index contributed by atoms with van der Waals surface area (Å²) in [4.78, 5) is 0. The van der Waals surface area contributed by atoms with Gasteiger partial charge in [0.15, 0.2) is 6.10 Å². The Bertz CT molecular complexity index is 744.